The van der Waals surface area contributed by atoms with Crippen LogP contribution in [-0.2, 0) is 11.3 Å². The van der Waals surface area contributed by atoms with Crippen molar-refractivity contribution in [3.63, 3.8) is 0 Å². The lowest BCUT2D eigenvalue weighted by atomic mass is 10.1. The molecule has 3 rings (SSSR count). The summed E-state index contributed by atoms with van der Waals surface area (Å²) in [5, 5.41) is 0. The Hall–Kier alpha value is -2.57. The van der Waals surface area contributed by atoms with Crippen LogP contribution in [-0.4, -0.2) is 75.3 Å². The van der Waals surface area contributed by atoms with Crippen LogP contribution >= 0.6 is 0 Å². The molecule has 0 bridgehead atoms. The van der Waals surface area contributed by atoms with E-state index in [4.69, 9.17) is 9.47 Å². The highest BCUT2D eigenvalue weighted by Crippen LogP contribution is 2.22. The molecule has 1 saturated heterocycles. The smallest absolute Gasteiger partial charge is 0.257 e. The summed E-state index contributed by atoms with van der Waals surface area (Å²) >= 11 is 0. The van der Waals surface area contributed by atoms with Gasteiger partial charge >= 0.3 is 0 Å². The van der Waals surface area contributed by atoms with Gasteiger partial charge in [-0.05, 0) is 43.2 Å². The molecule has 1 amide bonds. The second kappa shape index (κ2) is 11.3. The molecule has 0 saturated carbocycles. The zero-order valence-corrected chi connectivity index (χ0v) is 20.1. The minimum atomic E-state index is -0.0162. The Bertz CT molecular complexity index is 869. The topological polar surface area (TPSA) is 45.2 Å². The van der Waals surface area contributed by atoms with E-state index in [2.05, 4.69) is 62.0 Å². The number of nitrogens with zero attached hydrogens (tertiary/aromatic N) is 3. The molecule has 32 heavy (non-hydrogen) atoms. The van der Waals surface area contributed by atoms with Crippen LogP contribution in [0.25, 0.3) is 0 Å². The van der Waals surface area contributed by atoms with Gasteiger partial charge in [-0.2, -0.15) is 0 Å². The Labute approximate surface area is 192 Å². The average Bonchev–Trinajstić information content (AvgIpc) is 2.82. The van der Waals surface area contributed by atoms with Crippen LogP contribution in [0.5, 0.6) is 5.75 Å². The van der Waals surface area contributed by atoms with Crippen LogP contribution in [0.3, 0.4) is 0 Å². The SMILES string of the molecule is CCC(C)N(CC1CN(Cc2ccc(N(C)C)cc2)CCO1)C(=O)c1ccccc1OC. The lowest BCUT2D eigenvalue weighted by molar-refractivity contribution is -0.0465. The summed E-state index contributed by atoms with van der Waals surface area (Å²) in [4.78, 5) is 19.9. The number of anilines is 1. The minimum absolute atomic E-state index is 0.00297. The highest BCUT2D eigenvalue weighted by molar-refractivity contribution is 5.97. The number of hydrogen-bond donors (Lipinski definition) is 0. The number of hydrogen-bond acceptors (Lipinski definition) is 5. The fourth-order valence-electron chi connectivity index (χ4n) is 4.07. The maximum absolute atomic E-state index is 13.4. The molecule has 1 aliphatic rings. The number of benzene rings is 2. The maximum Gasteiger partial charge on any atom is 0.257 e. The summed E-state index contributed by atoms with van der Waals surface area (Å²) in [6.07, 6.45) is 0.868. The summed E-state index contributed by atoms with van der Waals surface area (Å²) < 4.78 is 11.5. The van der Waals surface area contributed by atoms with Crippen molar-refractivity contribution in [1.29, 1.82) is 0 Å². The molecule has 2 unspecified atom stereocenters. The van der Waals surface area contributed by atoms with Gasteiger partial charge in [-0.1, -0.05) is 31.2 Å². The zero-order valence-electron chi connectivity index (χ0n) is 20.1. The fraction of sp³-hybridized carbons (Fsp3) is 0.500. The Morgan fingerprint density at radius 3 is 2.56 bits per heavy atom. The molecule has 6 nitrogen and oxygen atoms in total. The summed E-state index contributed by atoms with van der Waals surface area (Å²) in [5.41, 5.74) is 3.09. The first-order valence-electron chi connectivity index (χ1n) is 11.5. The molecule has 0 spiro atoms. The number of carbonyl (C=O) groups is 1. The van der Waals surface area contributed by atoms with Crippen LogP contribution in [0.15, 0.2) is 48.5 Å². The third-order valence-corrected chi connectivity index (χ3v) is 6.20. The third kappa shape index (κ3) is 6.02. The highest BCUT2D eigenvalue weighted by atomic mass is 16.5. The van der Waals surface area contributed by atoms with Gasteiger partial charge in [0.2, 0.25) is 0 Å². The van der Waals surface area contributed by atoms with Crippen molar-refractivity contribution in [3.8, 4) is 5.75 Å². The summed E-state index contributed by atoms with van der Waals surface area (Å²) in [5.74, 6) is 0.606. The molecule has 2 aromatic rings. The van der Waals surface area contributed by atoms with Gasteiger partial charge in [-0.25, -0.2) is 0 Å². The zero-order chi connectivity index (χ0) is 23.1. The van der Waals surface area contributed by atoms with Crippen LogP contribution in [0.2, 0.25) is 0 Å². The Balaban J connectivity index is 1.67. The van der Waals surface area contributed by atoms with Crippen molar-refractivity contribution in [2.24, 2.45) is 0 Å². The molecule has 174 valence electrons. The average molecular weight is 440 g/mol. The Kier molecular flexibility index (Phi) is 8.53. The van der Waals surface area contributed by atoms with Crippen LogP contribution in [0, 0.1) is 0 Å². The molecular formula is C26H37N3O3. The second-order valence-corrected chi connectivity index (χ2v) is 8.70. The summed E-state index contributed by atoms with van der Waals surface area (Å²) in [7, 11) is 5.71. The van der Waals surface area contributed by atoms with Crippen LogP contribution in [0.4, 0.5) is 5.69 Å². The second-order valence-electron chi connectivity index (χ2n) is 8.70. The van der Waals surface area contributed by atoms with Gasteiger partial charge in [-0.3, -0.25) is 9.69 Å². The van der Waals surface area contributed by atoms with Crippen molar-refractivity contribution in [2.75, 3.05) is 52.3 Å². The standard InChI is InChI=1S/C26H37N3O3/c1-6-20(2)29(26(30)24-9-7-8-10-25(24)31-5)19-23-18-28(15-16-32-23)17-21-11-13-22(14-12-21)27(3)4/h7-14,20,23H,6,15-19H2,1-5H3. The fourth-order valence-corrected chi connectivity index (χ4v) is 4.07. The van der Waals surface area contributed by atoms with Gasteiger partial charge in [0.05, 0.1) is 25.4 Å². The van der Waals surface area contributed by atoms with Gasteiger partial charge in [-0.15, -0.1) is 0 Å². The molecule has 0 aromatic heterocycles. The van der Waals surface area contributed by atoms with Crippen LogP contribution < -0.4 is 9.64 Å². The monoisotopic (exact) mass is 439 g/mol. The molecular weight excluding hydrogens is 402 g/mol. The minimum Gasteiger partial charge on any atom is -0.496 e. The number of amides is 1. The lowest BCUT2D eigenvalue weighted by Crippen LogP contribution is -2.50. The predicted octanol–water partition coefficient (Wildman–Crippen LogP) is 3.90. The number of methoxy groups -OCH3 is 1. The molecule has 0 radical (unpaired) electrons. The predicted molar refractivity (Wildman–Crippen MR) is 130 cm³/mol. The van der Waals surface area contributed by atoms with Crippen LogP contribution in [0.1, 0.15) is 36.2 Å². The van der Waals surface area contributed by atoms with Gasteiger partial charge in [0.25, 0.3) is 5.91 Å². The van der Waals surface area contributed by atoms with E-state index in [-0.39, 0.29) is 18.1 Å². The molecule has 2 aromatic carbocycles. The normalized spacial score (nSPS) is 17.6. The number of ether oxygens (including phenoxy) is 2. The summed E-state index contributed by atoms with van der Waals surface area (Å²) in [6.45, 7) is 8.05. The number of carbonyl (C=O) groups excluding carboxylic acids is 1. The summed E-state index contributed by atoms with van der Waals surface area (Å²) in [6, 6.07) is 16.2. The van der Waals surface area contributed by atoms with E-state index in [1.54, 1.807) is 7.11 Å². The van der Waals surface area contributed by atoms with Crippen molar-refractivity contribution in [2.45, 2.75) is 39.0 Å². The number of morpholine rings is 1. The van der Waals surface area contributed by atoms with E-state index < -0.39 is 0 Å². The largest absolute Gasteiger partial charge is 0.496 e. The van der Waals surface area contributed by atoms with E-state index in [0.717, 1.165) is 26.1 Å². The number of rotatable bonds is 9. The maximum atomic E-state index is 13.4. The van der Waals surface area contributed by atoms with E-state index in [0.29, 0.717) is 24.5 Å². The van der Waals surface area contributed by atoms with E-state index in [1.165, 1.54) is 11.3 Å². The molecule has 1 heterocycles. The van der Waals surface area contributed by atoms with Gasteiger partial charge in [0, 0.05) is 52.0 Å². The van der Waals surface area contributed by atoms with E-state index in [9.17, 15) is 4.79 Å². The van der Waals surface area contributed by atoms with E-state index in [1.807, 2.05) is 29.2 Å². The van der Waals surface area contributed by atoms with E-state index >= 15 is 0 Å². The Morgan fingerprint density at radius 1 is 1.19 bits per heavy atom. The first kappa shape index (κ1) is 24.1. The molecule has 2 atom stereocenters. The van der Waals surface area contributed by atoms with Crippen molar-refractivity contribution in [1.82, 2.24) is 9.80 Å². The number of para-hydroxylation sites is 1. The quantitative estimate of drug-likeness (QED) is 0.593. The van der Waals surface area contributed by atoms with Crippen molar-refractivity contribution in [3.05, 3.63) is 59.7 Å². The Morgan fingerprint density at radius 2 is 1.91 bits per heavy atom. The van der Waals surface area contributed by atoms with Gasteiger partial charge < -0.3 is 19.3 Å². The lowest BCUT2D eigenvalue weighted by Gasteiger charge is -2.38. The third-order valence-electron chi connectivity index (χ3n) is 6.20. The van der Waals surface area contributed by atoms with Crippen molar-refractivity contribution < 1.29 is 14.3 Å². The van der Waals surface area contributed by atoms with Crippen molar-refractivity contribution >= 4 is 11.6 Å². The molecule has 1 fully saturated rings. The molecule has 0 aliphatic carbocycles. The highest BCUT2D eigenvalue weighted by Gasteiger charge is 2.29. The molecule has 1 aliphatic heterocycles. The first-order chi connectivity index (χ1) is 15.4. The van der Waals surface area contributed by atoms with Gasteiger partial charge in [0.1, 0.15) is 5.75 Å². The molecule has 0 N–H and O–H groups in total. The molecule has 6 heteroatoms. The van der Waals surface area contributed by atoms with Gasteiger partial charge in [0.15, 0.2) is 0 Å². The first-order valence-corrected chi connectivity index (χ1v) is 11.5.